The summed E-state index contributed by atoms with van der Waals surface area (Å²) in [5.41, 5.74) is 6.73. The molecule has 2 aliphatic rings. The summed E-state index contributed by atoms with van der Waals surface area (Å²) in [5, 5.41) is 0. The van der Waals surface area contributed by atoms with Crippen LogP contribution in [0.1, 0.15) is 37.4 Å². The van der Waals surface area contributed by atoms with Gasteiger partial charge in [0.05, 0.1) is 6.04 Å². The van der Waals surface area contributed by atoms with E-state index in [1.54, 1.807) is 0 Å². The van der Waals surface area contributed by atoms with Crippen LogP contribution in [0.5, 0.6) is 0 Å². The first-order valence-corrected chi connectivity index (χ1v) is 8.74. The average molecular weight is 313 g/mol. The molecule has 2 aromatic carbocycles. The first-order chi connectivity index (χ1) is 11.7. The Morgan fingerprint density at radius 1 is 0.917 bits per heavy atom. The van der Waals surface area contributed by atoms with Crippen LogP contribution in [-0.2, 0) is 0 Å². The third-order valence-electron chi connectivity index (χ3n) is 4.74. The van der Waals surface area contributed by atoms with E-state index in [0.717, 1.165) is 6.42 Å². The fourth-order valence-corrected chi connectivity index (χ4v) is 3.58. The molecule has 2 aromatic rings. The Balaban J connectivity index is 1.75. The molecule has 1 atom stereocenters. The lowest BCUT2D eigenvalue weighted by atomic mass is 9.88. The fourth-order valence-electron chi connectivity index (χ4n) is 3.58. The van der Waals surface area contributed by atoms with E-state index in [4.69, 9.17) is 0 Å². The van der Waals surface area contributed by atoms with Crippen molar-refractivity contribution in [3.05, 3.63) is 89.8 Å². The van der Waals surface area contributed by atoms with Crippen LogP contribution in [0.15, 0.2) is 78.7 Å². The third kappa shape index (κ3) is 2.82. The van der Waals surface area contributed by atoms with Crippen LogP contribution >= 0.6 is 0 Å². The molecule has 0 fully saturated rings. The van der Waals surface area contributed by atoms with Crippen LogP contribution in [0.25, 0.3) is 17.2 Å². The molecule has 0 aliphatic carbocycles. The van der Waals surface area contributed by atoms with Gasteiger partial charge in [-0.2, -0.15) is 0 Å². The maximum atomic E-state index is 2.43. The average Bonchev–Trinajstić information content (AvgIpc) is 2.61. The van der Waals surface area contributed by atoms with Crippen molar-refractivity contribution in [1.29, 1.82) is 0 Å². The molecule has 1 heteroatoms. The summed E-state index contributed by atoms with van der Waals surface area (Å²) in [4.78, 5) is 2.31. The highest BCUT2D eigenvalue weighted by Gasteiger charge is 2.23. The van der Waals surface area contributed by atoms with Crippen molar-refractivity contribution in [2.24, 2.45) is 5.92 Å². The second kappa shape index (κ2) is 6.16. The minimum Gasteiger partial charge on any atom is -0.343 e. The SMILES string of the molecule is CC(C)CC1=CC2c3cc(-c4ccccc4)ccc3C=CN2C=C1. The van der Waals surface area contributed by atoms with Gasteiger partial charge in [-0.05, 0) is 58.4 Å². The Morgan fingerprint density at radius 3 is 2.50 bits per heavy atom. The van der Waals surface area contributed by atoms with Crippen LogP contribution in [0, 0.1) is 5.92 Å². The highest BCUT2D eigenvalue weighted by atomic mass is 15.1. The first kappa shape index (κ1) is 15.0. The minimum absolute atomic E-state index is 0.312. The van der Waals surface area contributed by atoms with Crippen molar-refractivity contribution in [3.8, 4) is 11.1 Å². The van der Waals surface area contributed by atoms with Gasteiger partial charge in [0.15, 0.2) is 0 Å². The smallest absolute Gasteiger partial charge is 0.0775 e. The Bertz CT molecular complexity index is 824. The predicted octanol–water partition coefficient (Wildman–Crippen LogP) is 6.18. The second-order valence-corrected chi connectivity index (χ2v) is 7.07. The van der Waals surface area contributed by atoms with Gasteiger partial charge >= 0.3 is 0 Å². The van der Waals surface area contributed by atoms with E-state index in [0.29, 0.717) is 12.0 Å². The molecule has 0 radical (unpaired) electrons. The highest BCUT2D eigenvalue weighted by Crippen LogP contribution is 2.38. The van der Waals surface area contributed by atoms with Crippen molar-refractivity contribution < 1.29 is 0 Å². The van der Waals surface area contributed by atoms with Gasteiger partial charge in [-0.3, -0.25) is 0 Å². The highest BCUT2D eigenvalue weighted by molar-refractivity contribution is 5.69. The van der Waals surface area contributed by atoms with Gasteiger partial charge in [-0.25, -0.2) is 0 Å². The monoisotopic (exact) mass is 313 g/mol. The van der Waals surface area contributed by atoms with Crippen molar-refractivity contribution in [3.63, 3.8) is 0 Å². The van der Waals surface area contributed by atoms with Crippen molar-refractivity contribution in [2.75, 3.05) is 0 Å². The van der Waals surface area contributed by atoms with E-state index in [-0.39, 0.29) is 0 Å². The minimum atomic E-state index is 0.312. The number of allylic oxidation sites excluding steroid dienone is 2. The summed E-state index contributed by atoms with van der Waals surface area (Å²) in [6.07, 6.45) is 12.4. The molecule has 0 aromatic heterocycles. The quantitative estimate of drug-likeness (QED) is 0.654. The van der Waals surface area contributed by atoms with Crippen LogP contribution in [0.4, 0.5) is 0 Å². The fraction of sp³-hybridized carbons (Fsp3) is 0.217. The third-order valence-corrected chi connectivity index (χ3v) is 4.74. The number of hydrogen-bond acceptors (Lipinski definition) is 1. The molecule has 120 valence electrons. The Hall–Kier alpha value is -2.54. The molecule has 2 heterocycles. The van der Waals surface area contributed by atoms with E-state index in [1.807, 2.05) is 0 Å². The molecule has 24 heavy (non-hydrogen) atoms. The number of hydrogen-bond donors (Lipinski definition) is 0. The molecule has 4 rings (SSSR count). The van der Waals surface area contributed by atoms with Crippen molar-refractivity contribution in [2.45, 2.75) is 26.3 Å². The van der Waals surface area contributed by atoms with Crippen LogP contribution in [0.3, 0.4) is 0 Å². The first-order valence-electron chi connectivity index (χ1n) is 8.74. The largest absolute Gasteiger partial charge is 0.343 e. The van der Waals surface area contributed by atoms with Gasteiger partial charge in [0.1, 0.15) is 0 Å². The summed E-state index contributed by atoms with van der Waals surface area (Å²) in [6.45, 7) is 4.56. The second-order valence-electron chi connectivity index (χ2n) is 7.07. The van der Waals surface area contributed by atoms with Gasteiger partial charge in [-0.15, -0.1) is 0 Å². The maximum absolute atomic E-state index is 2.43. The van der Waals surface area contributed by atoms with E-state index in [1.165, 1.54) is 27.8 Å². The summed E-state index contributed by atoms with van der Waals surface area (Å²) >= 11 is 0. The molecular weight excluding hydrogens is 290 g/mol. The molecule has 0 spiro atoms. The van der Waals surface area contributed by atoms with Crippen LogP contribution in [0.2, 0.25) is 0 Å². The zero-order valence-corrected chi connectivity index (χ0v) is 14.3. The summed E-state index contributed by atoms with van der Waals surface area (Å²) in [7, 11) is 0. The van der Waals surface area contributed by atoms with Gasteiger partial charge in [0, 0.05) is 12.4 Å². The molecule has 0 amide bonds. The summed E-state index contributed by atoms with van der Waals surface area (Å²) in [6, 6.07) is 17.8. The zero-order chi connectivity index (χ0) is 16.5. The van der Waals surface area contributed by atoms with Gasteiger partial charge < -0.3 is 4.90 Å². The van der Waals surface area contributed by atoms with Gasteiger partial charge in [0.2, 0.25) is 0 Å². The molecule has 0 saturated carbocycles. The lowest BCUT2D eigenvalue weighted by Crippen LogP contribution is -2.23. The van der Waals surface area contributed by atoms with E-state index < -0.39 is 0 Å². The molecule has 0 saturated heterocycles. The number of benzene rings is 2. The van der Waals surface area contributed by atoms with E-state index in [2.05, 4.69) is 97.9 Å². The maximum Gasteiger partial charge on any atom is 0.0775 e. The Kier molecular flexibility index (Phi) is 3.86. The predicted molar refractivity (Wildman–Crippen MR) is 102 cm³/mol. The van der Waals surface area contributed by atoms with Gasteiger partial charge in [0.25, 0.3) is 0 Å². The van der Waals surface area contributed by atoms with Gasteiger partial charge in [-0.1, -0.05) is 62.4 Å². The van der Waals surface area contributed by atoms with Crippen molar-refractivity contribution >= 4 is 6.08 Å². The Morgan fingerprint density at radius 2 is 1.71 bits per heavy atom. The molecule has 2 aliphatic heterocycles. The summed E-state index contributed by atoms with van der Waals surface area (Å²) < 4.78 is 0. The molecule has 1 unspecified atom stereocenters. The molecule has 0 bridgehead atoms. The number of nitrogens with zero attached hydrogens (tertiary/aromatic N) is 1. The molecule has 1 nitrogen and oxygen atoms in total. The molecular formula is C23H23N. The normalized spacial score (nSPS) is 18.4. The zero-order valence-electron chi connectivity index (χ0n) is 14.3. The van der Waals surface area contributed by atoms with E-state index in [9.17, 15) is 0 Å². The lowest BCUT2D eigenvalue weighted by Gasteiger charge is -2.34. The standard InChI is InChI=1S/C23H23N/c1-17(2)14-18-10-12-24-13-11-20-8-9-21(16-22(20)23(24)15-18)19-6-4-3-5-7-19/h3-13,15-17,23H,14H2,1-2H3. The Labute approximate surface area is 144 Å². The topological polar surface area (TPSA) is 3.24 Å². The summed E-state index contributed by atoms with van der Waals surface area (Å²) in [5.74, 6) is 0.682. The van der Waals surface area contributed by atoms with Crippen LogP contribution < -0.4 is 0 Å². The number of rotatable bonds is 3. The van der Waals surface area contributed by atoms with Crippen molar-refractivity contribution in [1.82, 2.24) is 4.90 Å². The lowest BCUT2D eigenvalue weighted by molar-refractivity contribution is 0.424. The van der Waals surface area contributed by atoms with E-state index >= 15 is 0 Å². The molecule has 0 N–H and O–H groups in total. The number of fused-ring (bicyclic) bond motifs is 3. The van der Waals surface area contributed by atoms with Crippen LogP contribution in [-0.4, -0.2) is 4.90 Å².